The van der Waals surface area contributed by atoms with E-state index in [0.717, 1.165) is 17.1 Å². The molecule has 0 N–H and O–H groups in total. The van der Waals surface area contributed by atoms with Crippen molar-refractivity contribution in [2.24, 2.45) is 0 Å². The maximum atomic E-state index is 6.48. The van der Waals surface area contributed by atoms with Crippen LogP contribution in [0.3, 0.4) is 0 Å². The molecule has 0 saturated heterocycles. The molecule has 1 aliphatic heterocycles. The van der Waals surface area contributed by atoms with Crippen LogP contribution in [0, 0.1) is 0 Å². The summed E-state index contributed by atoms with van der Waals surface area (Å²) in [6, 6.07) is 44.4. The van der Waals surface area contributed by atoms with Crippen LogP contribution in [0.5, 0.6) is 11.5 Å². The molecule has 0 fully saturated rings. The Balaban J connectivity index is 1.24. The quantitative estimate of drug-likeness (QED) is 0.200. The summed E-state index contributed by atoms with van der Waals surface area (Å²) < 4.78 is 6.48. The first-order valence-electron chi connectivity index (χ1n) is 14.0. The van der Waals surface area contributed by atoms with Gasteiger partial charge in [-0.05, 0) is 96.2 Å². The highest BCUT2D eigenvalue weighted by atomic mass is 16.5. The molecule has 1 heterocycles. The predicted molar refractivity (Wildman–Crippen MR) is 167 cm³/mol. The molecule has 0 saturated carbocycles. The van der Waals surface area contributed by atoms with Crippen LogP contribution in [0.15, 0.2) is 121 Å². The Labute approximate surface area is 233 Å². The summed E-state index contributed by atoms with van der Waals surface area (Å²) in [6.07, 6.45) is 0. The molecule has 1 nitrogen and oxygen atoms in total. The molecular weight excluding hydrogens is 484 g/mol. The van der Waals surface area contributed by atoms with E-state index >= 15 is 0 Å². The van der Waals surface area contributed by atoms with Crippen LogP contribution in [0.2, 0.25) is 0 Å². The van der Waals surface area contributed by atoms with Gasteiger partial charge in [-0.3, -0.25) is 0 Å². The fourth-order valence-electron chi connectivity index (χ4n) is 7.24. The minimum atomic E-state index is -0.0640. The van der Waals surface area contributed by atoms with Crippen molar-refractivity contribution in [3.05, 3.63) is 132 Å². The van der Waals surface area contributed by atoms with Gasteiger partial charge in [-0.1, -0.05) is 105 Å². The van der Waals surface area contributed by atoms with Gasteiger partial charge < -0.3 is 4.74 Å². The maximum absolute atomic E-state index is 6.48. The Bertz CT molecular complexity index is 2220. The molecule has 7 aromatic rings. The van der Waals surface area contributed by atoms with Gasteiger partial charge in [-0.25, -0.2) is 0 Å². The molecule has 7 aromatic carbocycles. The van der Waals surface area contributed by atoms with Gasteiger partial charge in [0.25, 0.3) is 0 Å². The van der Waals surface area contributed by atoms with Crippen molar-refractivity contribution >= 4 is 32.3 Å². The maximum Gasteiger partial charge on any atom is 0.135 e. The molecule has 2 aliphatic rings. The molecule has 0 radical (unpaired) electrons. The second kappa shape index (κ2) is 7.61. The zero-order valence-corrected chi connectivity index (χ0v) is 22.5. The molecule has 0 spiro atoms. The largest absolute Gasteiger partial charge is 0.456 e. The second-order valence-corrected chi connectivity index (χ2v) is 11.7. The van der Waals surface area contributed by atoms with Gasteiger partial charge in [0.05, 0.1) is 0 Å². The molecule has 188 valence electrons. The van der Waals surface area contributed by atoms with E-state index in [2.05, 4.69) is 135 Å². The molecule has 40 heavy (non-hydrogen) atoms. The number of fused-ring (bicyclic) bond motifs is 9. The van der Waals surface area contributed by atoms with Crippen molar-refractivity contribution < 1.29 is 4.74 Å². The first-order chi connectivity index (χ1) is 19.6. The van der Waals surface area contributed by atoms with Gasteiger partial charge in [0.2, 0.25) is 0 Å². The fraction of sp³-hybridized carbons (Fsp3) is 0.0769. The average Bonchev–Trinajstić information content (AvgIpc) is 3.23. The van der Waals surface area contributed by atoms with Gasteiger partial charge in [-0.2, -0.15) is 0 Å². The summed E-state index contributed by atoms with van der Waals surface area (Å²) >= 11 is 0. The van der Waals surface area contributed by atoms with E-state index in [4.69, 9.17) is 4.74 Å². The zero-order valence-electron chi connectivity index (χ0n) is 22.5. The topological polar surface area (TPSA) is 9.23 Å². The smallest absolute Gasteiger partial charge is 0.135 e. The van der Waals surface area contributed by atoms with Crippen LogP contribution in [-0.2, 0) is 5.41 Å². The third-order valence-electron chi connectivity index (χ3n) is 9.23. The van der Waals surface area contributed by atoms with E-state index in [9.17, 15) is 0 Å². The van der Waals surface area contributed by atoms with Crippen LogP contribution < -0.4 is 4.74 Å². The summed E-state index contributed by atoms with van der Waals surface area (Å²) in [4.78, 5) is 0. The Morgan fingerprint density at radius 3 is 2.12 bits per heavy atom. The molecule has 0 aromatic heterocycles. The molecule has 0 bridgehead atoms. The van der Waals surface area contributed by atoms with E-state index in [1.165, 1.54) is 71.3 Å². The predicted octanol–water partition coefficient (Wildman–Crippen LogP) is 10.9. The molecule has 1 heteroatoms. The van der Waals surface area contributed by atoms with E-state index in [1.807, 2.05) is 0 Å². The van der Waals surface area contributed by atoms with Crippen molar-refractivity contribution in [3.8, 4) is 44.9 Å². The first kappa shape index (κ1) is 22.0. The van der Waals surface area contributed by atoms with E-state index in [0.29, 0.717) is 0 Å². The summed E-state index contributed by atoms with van der Waals surface area (Å²) in [5.41, 5.74) is 10.3. The number of hydrogen-bond donors (Lipinski definition) is 0. The number of hydrogen-bond acceptors (Lipinski definition) is 1. The number of ether oxygens (including phenoxy) is 1. The van der Waals surface area contributed by atoms with Crippen LogP contribution >= 0.6 is 0 Å². The lowest BCUT2D eigenvalue weighted by Crippen LogP contribution is -2.15. The monoisotopic (exact) mass is 510 g/mol. The highest BCUT2D eigenvalue weighted by Crippen LogP contribution is 2.53. The molecule has 0 unspecified atom stereocenters. The van der Waals surface area contributed by atoms with Crippen molar-refractivity contribution in [3.63, 3.8) is 0 Å². The highest BCUT2D eigenvalue weighted by Gasteiger charge is 2.36. The Morgan fingerprint density at radius 1 is 0.475 bits per heavy atom. The Hall–Kier alpha value is -4.88. The van der Waals surface area contributed by atoms with Crippen molar-refractivity contribution in [2.45, 2.75) is 19.3 Å². The van der Waals surface area contributed by atoms with Crippen LogP contribution in [-0.4, -0.2) is 0 Å². The molecule has 0 atom stereocenters. The number of benzene rings is 7. The summed E-state index contributed by atoms with van der Waals surface area (Å²) in [6.45, 7) is 4.72. The standard InChI is InChI=1S/C39H26O/c1-39(2)33-18-15-23-8-3-6-11-28(23)37(33)30-17-14-25(22-34(30)39)24-16-19-35-31(20-24)32-21-26-9-4-5-10-27(26)29-12-7-13-36(40-35)38(29)32/h3-22H,1-2H3. The van der Waals surface area contributed by atoms with Gasteiger partial charge in [0, 0.05) is 16.4 Å². The molecular formula is C39H26O. The third-order valence-corrected chi connectivity index (χ3v) is 9.23. The van der Waals surface area contributed by atoms with Gasteiger partial charge in [0.15, 0.2) is 0 Å². The lowest BCUT2D eigenvalue weighted by Gasteiger charge is -2.24. The minimum absolute atomic E-state index is 0.0640. The van der Waals surface area contributed by atoms with Crippen LogP contribution in [0.25, 0.3) is 65.7 Å². The lowest BCUT2D eigenvalue weighted by molar-refractivity contribution is 0.487. The lowest BCUT2D eigenvalue weighted by atomic mass is 9.81. The van der Waals surface area contributed by atoms with Crippen LogP contribution in [0.1, 0.15) is 25.0 Å². The van der Waals surface area contributed by atoms with Crippen molar-refractivity contribution in [2.75, 3.05) is 0 Å². The Kier molecular flexibility index (Phi) is 4.18. The third kappa shape index (κ3) is 2.82. The molecule has 1 aliphatic carbocycles. The average molecular weight is 511 g/mol. The van der Waals surface area contributed by atoms with Crippen LogP contribution in [0.4, 0.5) is 0 Å². The normalized spacial score (nSPS) is 14.2. The number of rotatable bonds is 1. The van der Waals surface area contributed by atoms with E-state index < -0.39 is 0 Å². The van der Waals surface area contributed by atoms with Gasteiger partial charge in [0.1, 0.15) is 11.5 Å². The van der Waals surface area contributed by atoms with E-state index in [-0.39, 0.29) is 5.41 Å². The summed E-state index contributed by atoms with van der Waals surface area (Å²) in [7, 11) is 0. The Morgan fingerprint density at radius 2 is 1.23 bits per heavy atom. The van der Waals surface area contributed by atoms with E-state index in [1.54, 1.807) is 0 Å². The highest BCUT2D eigenvalue weighted by molar-refractivity contribution is 6.17. The molecule has 9 rings (SSSR count). The summed E-state index contributed by atoms with van der Waals surface area (Å²) in [5.74, 6) is 1.85. The van der Waals surface area contributed by atoms with Crippen molar-refractivity contribution in [1.29, 1.82) is 0 Å². The fourth-order valence-corrected chi connectivity index (χ4v) is 7.24. The minimum Gasteiger partial charge on any atom is -0.456 e. The SMILES string of the molecule is CC1(C)c2cc(-c3ccc4c(c3)-c3cc5ccccc5c5cccc(c35)O4)ccc2-c2c1ccc1ccccc21. The summed E-state index contributed by atoms with van der Waals surface area (Å²) in [5, 5.41) is 7.59. The van der Waals surface area contributed by atoms with Gasteiger partial charge in [-0.15, -0.1) is 0 Å². The zero-order chi connectivity index (χ0) is 26.6. The first-order valence-corrected chi connectivity index (χ1v) is 14.0. The van der Waals surface area contributed by atoms with Crippen molar-refractivity contribution in [1.82, 2.24) is 0 Å². The van der Waals surface area contributed by atoms with Gasteiger partial charge >= 0.3 is 0 Å². The second-order valence-electron chi connectivity index (χ2n) is 11.7. The molecule has 0 amide bonds.